The Morgan fingerprint density at radius 2 is 1.59 bits per heavy atom. The third-order valence-electron chi connectivity index (χ3n) is 6.07. The molecule has 2 saturated carbocycles. The van der Waals surface area contributed by atoms with E-state index >= 15 is 0 Å². The second-order valence-corrected chi connectivity index (χ2v) is 9.23. The summed E-state index contributed by atoms with van der Waals surface area (Å²) >= 11 is 0. The van der Waals surface area contributed by atoms with Crippen LogP contribution in [-0.4, -0.2) is 105 Å². The molecule has 3 rings (SSSR count). The van der Waals surface area contributed by atoms with Gasteiger partial charge in [0.15, 0.2) is 0 Å². The van der Waals surface area contributed by atoms with Crippen LogP contribution >= 0.6 is 0 Å². The van der Waals surface area contributed by atoms with Crippen LogP contribution in [0, 0.1) is 5.92 Å². The van der Waals surface area contributed by atoms with Gasteiger partial charge in [-0.3, -0.25) is 4.55 Å². The molecule has 9 heteroatoms. The summed E-state index contributed by atoms with van der Waals surface area (Å²) in [6, 6.07) is 3.04. The van der Waals surface area contributed by atoms with Crippen molar-refractivity contribution in [3.63, 3.8) is 0 Å². The number of aromatic carboxylic acids is 1. The van der Waals surface area contributed by atoms with Crippen LogP contribution in [0.5, 0.6) is 0 Å². The van der Waals surface area contributed by atoms with Gasteiger partial charge in [0.2, 0.25) is 0 Å². The van der Waals surface area contributed by atoms with Gasteiger partial charge < -0.3 is 9.84 Å². The van der Waals surface area contributed by atoms with E-state index in [0.717, 1.165) is 76.0 Å². The van der Waals surface area contributed by atoms with Crippen LogP contribution in [0.15, 0.2) is 23.1 Å². The van der Waals surface area contributed by atoms with Crippen molar-refractivity contribution in [3.8, 4) is 0 Å². The SMILES string of the molecule is O=C(O)c1ccc(C(=O)OC2(C3CCCCC3)CCCCC2)c(S(=O)(=O)O)c1.[CsH]. The number of carbonyl (C=O) groups excluding carboxylic acids is 1. The predicted molar refractivity (Wildman–Crippen MR) is 108 cm³/mol. The standard InChI is InChI=1S/C20H26O7S.Cs.H/c21-18(22)14-9-10-16(17(13-14)28(24,25)26)19(23)27-20(11-5-2-6-12-20)15-7-3-1-4-8-15;;/h9-10,13,15H,1-8,11-12H2,(H,21,22)(H,24,25,26);;. The molecule has 0 atom stereocenters. The molecule has 7 nitrogen and oxygen atoms in total. The zero-order valence-corrected chi connectivity index (χ0v) is 16.5. The summed E-state index contributed by atoms with van der Waals surface area (Å²) < 4.78 is 39.0. The first-order valence-electron chi connectivity index (χ1n) is 9.81. The van der Waals surface area contributed by atoms with E-state index in [9.17, 15) is 22.6 Å². The predicted octanol–water partition coefficient (Wildman–Crippen LogP) is 3.42. The summed E-state index contributed by atoms with van der Waals surface area (Å²) in [7, 11) is -4.78. The fraction of sp³-hybridized carbons (Fsp3) is 0.600. The van der Waals surface area contributed by atoms with Gasteiger partial charge in [-0.05, 0) is 62.6 Å². The van der Waals surface area contributed by atoms with Crippen molar-refractivity contribution >= 4 is 91.0 Å². The molecular formula is C20H27CsO7S. The van der Waals surface area contributed by atoms with Crippen LogP contribution in [0.1, 0.15) is 84.9 Å². The first-order valence-corrected chi connectivity index (χ1v) is 11.3. The first kappa shape index (κ1) is 25.4. The minimum absolute atomic E-state index is 0. The van der Waals surface area contributed by atoms with E-state index in [1.54, 1.807) is 0 Å². The number of ether oxygens (including phenoxy) is 1. The zero-order valence-electron chi connectivity index (χ0n) is 15.7. The Kier molecular flexibility index (Phi) is 9.30. The summed E-state index contributed by atoms with van der Waals surface area (Å²) in [5, 5.41) is 9.08. The molecule has 0 unspecified atom stereocenters. The molecule has 0 bridgehead atoms. The molecule has 1 aromatic rings. The summed E-state index contributed by atoms with van der Waals surface area (Å²) in [5.74, 6) is -1.93. The van der Waals surface area contributed by atoms with Gasteiger partial charge in [0.1, 0.15) is 10.5 Å². The van der Waals surface area contributed by atoms with Gasteiger partial charge in [0.05, 0.1) is 11.1 Å². The number of carboxylic acid groups (broad SMARTS) is 1. The number of rotatable bonds is 5. The van der Waals surface area contributed by atoms with Crippen molar-refractivity contribution in [1.29, 1.82) is 0 Å². The molecule has 0 aliphatic heterocycles. The molecule has 0 aromatic heterocycles. The Labute approximate surface area is 230 Å². The molecule has 1 aromatic carbocycles. The Morgan fingerprint density at radius 1 is 1.00 bits per heavy atom. The van der Waals surface area contributed by atoms with Gasteiger partial charge in [-0.1, -0.05) is 25.7 Å². The molecule has 29 heavy (non-hydrogen) atoms. The normalized spacial score (nSPS) is 19.8. The second-order valence-electron chi connectivity index (χ2n) is 7.84. The van der Waals surface area contributed by atoms with E-state index in [4.69, 9.17) is 9.84 Å². The Bertz CT molecular complexity index is 854. The molecule has 156 valence electrons. The molecule has 0 spiro atoms. The van der Waals surface area contributed by atoms with Crippen molar-refractivity contribution in [2.75, 3.05) is 0 Å². The topological polar surface area (TPSA) is 118 Å². The molecule has 2 N–H and O–H groups in total. The van der Waals surface area contributed by atoms with Crippen LogP contribution in [0.4, 0.5) is 0 Å². The minimum atomic E-state index is -4.78. The number of carboxylic acids is 1. The van der Waals surface area contributed by atoms with E-state index in [1.807, 2.05) is 0 Å². The summed E-state index contributed by atoms with van der Waals surface area (Å²) in [6.07, 6.45) is 9.79. The van der Waals surface area contributed by atoms with E-state index in [2.05, 4.69) is 0 Å². The Hall–Kier alpha value is 0.122. The third kappa shape index (κ3) is 6.09. The fourth-order valence-corrected chi connectivity index (χ4v) is 5.35. The molecule has 2 aliphatic rings. The van der Waals surface area contributed by atoms with Gasteiger partial charge in [-0.15, -0.1) is 0 Å². The molecule has 0 radical (unpaired) electrons. The molecule has 0 saturated heterocycles. The summed E-state index contributed by atoms with van der Waals surface area (Å²) in [6.45, 7) is 0. The monoisotopic (exact) mass is 544 g/mol. The van der Waals surface area contributed by atoms with Crippen LogP contribution in [0.3, 0.4) is 0 Å². The summed E-state index contributed by atoms with van der Waals surface area (Å²) in [5.41, 5.74) is -1.27. The number of benzene rings is 1. The number of hydrogen-bond acceptors (Lipinski definition) is 5. The maximum atomic E-state index is 13.0. The van der Waals surface area contributed by atoms with Crippen LogP contribution in [0.25, 0.3) is 0 Å². The molecule has 2 aliphatic carbocycles. The molecular weight excluding hydrogens is 517 g/mol. The molecule has 2 fully saturated rings. The van der Waals surface area contributed by atoms with E-state index in [1.165, 1.54) is 6.42 Å². The summed E-state index contributed by atoms with van der Waals surface area (Å²) in [4.78, 5) is 23.4. The van der Waals surface area contributed by atoms with Crippen molar-refractivity contribution in [3.05, 3.63) is 29.3 Å². The Balaban J connectivity index is 0.00000300. The van der Waals surface area contributed by atoms with Gasteiger partial charge in [-0.25, -0.2) is 9.59 Å². The number of esters is 1. The van der Waals surface area contributed by atoms with Gasteiger partial charge in [0.25, 0.3) is 10.1 Å². The number of carbonyl (C=O) groups is 2. The zero-order chi connectivity index (χ0) is 20.4. The van der Waals surface area contributed by atoms with Gasteiger partial charge in [-0.2, -0.15) is 8.42 Å². The van der Waals surface area contributed by atoms with Crippen molar-refractivity contribution in [2.45, 2.75) is 74.7 Å². The fourth-order valence-electron chi connectivity index (χ4n) is 4.65. The van der Waals surface area contributed by atoms with Crippen molar-refractivity contribution in [1.82, 2.24) is 0 Å². The van der Waals surface area contributed by atoms with E-state index in [-0.39, 0.29) is 85.9 Å². The van der Waals surface area contributed by atoms with Gasteiger partial charge in [0, 0.05) is 0 Å². The van der Waals surface area contributed by atoms with E-state index < -0.39 is 32.6 Å². The van der Waals surface area contributed by atoms with Crippen LogP contribution in [0.2, 0.25) is 0 Å². The average molecular weight is 544 g/mol. The molecule has 0 amide bonds. The second kappa shape index (κ2) is 10.6. The van der Waals surface area contributed by atoms with Crippen molar-refractivity contribution < 1.29 is 32.4 Å². The first-order chi connectivity index (χ1) is 13.2. The van der Waals surface area contributed by atoms with Crippen molar-refractivity contribution in [2.24, 2.45) is 5.92 Å². The molecule has 0 heterocycles. The maximum absolute atomic E-state index is 13.0. The average Bonchev–Trinajstić information content (AvgIpc) is 2.68. The Morgan fingerprint density at radius 3 is 2.14 bits per heavy atom. The third-order valence-corrected chi connectivity index (χ3v) is 6.97. The van der Waals surface area contributed by atoms with E-state index in [0.29, 0.717) is 0 Å². The van der Waals surface area contributed by atoms with Crippen LogP contribution < -0.4 is 0 Å². The van der Waals surface area contributed by atoms with Gasteiger partial charge >= 0.3 is 80.8 Å². The quantitative estimate of drug-likeness (QED) is 0.431. The van der Waals surface area contributed by atoms with Crippen LogP contribution in [-0.2, 0) is 14.9 Å². The number of hydrogen-bond donors (Lipinski definition) is 2.